The number of hydrogen-bond acceptors (Lipinski definition) is 2. The molecule has 120 valence electrons. The van der Waals surface area contributed by atoms with Crippen LogP contribution in [0.3, 0.4) is 0 Å². The molecule has 2 aromatic rings. The average molecular weight is 311 g/mol. The van der Waals surface area contributed by atoms with E-state index in [1.807, 2.05) is 18.2 Å². The molecule has 0 spiro atoms. The average Bonchev–Trinajstić information content (AvgIpc) is 2.61. The molecule has 1 fully saturated rings. The molecule has 1 aliphatic heterocycles. The predicted molar refractivity (Wildman–Crippen MR) is 90.1 cm³/mol. The van der Waals surface area contributed by atoms with Crippen LogP contribution in [0.1, 0.15) is 35.2 Å². The second-order valence-electron chi connectivity index (χ2n) is 6.17. The summed E-state index contributed by atoms with van der Waals surface area (Å²) in [5, 5.41) is 0. The molecule has 3 rings (SSSR count). The van der Waals surface area contributed by atoms with Gasteiger partial charge in [-0.1, -0.05) is 36.8 Å². The Hall–Kier alpha value is -2.00. The first kappa shape index (κ1) is 15.9. The van der Waals surface area contributed by atoms with E-state index in [-0.39, 0.29) is 17.6 Å². The van der Waals surface area contributed by atoms with Crippen molar-refractivity contribution in [3.05, 3.63) is 71.5 Å². The van der Waals surface area contributed by atoms with Gasteiger partial charge in [0.05, 0.1) is 6.04 Å². The van der Waals surface area contributed by atoms with E-state index in [2.05, 4.69) is 17.0 Å². The molecule has 0 radical (unpaired) electrons. The lowest BCUT2D eigenvalue weighted by Gasteiger charge is -2.33. The van der Waals surface area contributed by atoms with Crippen molar-refractivity contribution in [2.75, 3.05) is 13.1 Å². The minimum Gasteiger partial charge on any atom is -0.293 e. The molecule has 2 nitrogen and oxygen atoms in total. The van der Waals surface area contributed by atoms with Crippen LogP contribution in [0.15, 0.2) is 54.6 Å². The Morgan fingerprint density at radius 2 is 1.61 bits per heavy atom. The summed E-state index contributed by atoms with van der Waals surface area (Å²) in [6.07, 6.45) is 4.22. The normalized spacial score (nSPS) is 16.9. The molecule has 0 saturated carbocycles. The maximum absolute atomic E-state index is 13.1. The third-order valence-electron chi connectivity index (χ3n) is 4.53. The Morgan fingerprint density at radius 1 is 0.957 bits per heavy atom. The van der Waals surface area contributed by atoms with Crippen molar-refractivity contribution in [2.45, 2.75) is 31.7 Å². The van der Waals surface area contributed by atoms with Gasteiger partial charge in [-0.3, -0.25) is 9.69 Å². The highest BCUT2D eigenvalue weighted by atomic mass is 19.1. The van der Waals surface area contributed by atoms with E-state index >= 15 is 0 Å². The highest BCUT2D eigenvalue weighted by Crippen LogP contribution is 2.19. The Balaban J connectivity index is 1.84. The molecule has 23 heavy (non-hydrogen) atoms. The largest absolute Gasteiger partial charge is 0.293 e. The minimum atomic E-state index is -0.306. The summed E-state index contributed by atoms with van der Waals surface area (Å²) in [5.74, 6) is -0.213. The number of halogens is 1. The van der Waals surface area contributed by atoms with Gasteiger partial charge in [0.1, 0.15) is 5.82 Å². The van der Waals surface area contributed by atoms with Gasteiger partial charge in [0.25, 0.3) is 0 Å². The summed E-state index contributed by atoms with van der Waals surface area (Å²) in [5.41, 5.74) is 1.76. The maximum Gasteiger partial charge on any atom is 0.180 e. The van der Waals surface area contributed by atoms with Crippen molar-refractivity contribution in [1.82, 2.24) is 4.90 Å². The molecule has 0 unspecified atom stereocenters. The second-order valence-corrected chi connectivity index (χ2v) is 6.17. The van der Waals surface area contributed by atoms with Gasteiger partial charge in [-0.2, -0.15) is 0 Å². The molecular weight excluding hydrogens is 289 g/mol. The van der Waals surface area contributed by atoms with Crippen molar-refractivity contribution in [3.63, 3.8) is 0 Å². The van der Waals surface area contributed by atoms with E-state index in [0.29, 0.717) is 12.0 Å². The number of piperidine rings is 1. The first-order chi connectivity index (χ1) is 11.2. The number of ketones is 1. The van der Waals surface area contributed by atoms with Crippen LogP contribution in [-0.4, -0.2) is 29.8 Å². The number of likely N-dealkylation sites (tertiary alicyclic amines) is 1. The van der Waals surface area contributed by atoms with Crippen molar-refractivity contribution < 1.29 is 9.18 Å². The number of carbonyl (C=O) groups excluding carboxylic acids is 1. The van der Waals surface area contributed by atoms with Gasteiger partial charge >= 0.3 is 0 Å². The zero-order valence-corrected chi connectivity index (χ0v) is 13.2. The quantitative estimate of drug-likeness (QED) is 0.775. The molecule has 0 aliphatic carbocycles. The van der Waals surface area contributed by atoms with Crippen LogP contribution < -0.4 is 0 Å². The molecule has 0 N–H and O–H groups in total. The lowest BCUT2D eigenvalue weighted by Crippen LogP contribution is -2.45. The number of Topliss-reactive ketones (excluding diaryl/α,β-unsaturated/α-hetero) is 1. The molecule has 0 amide bonds. The molecule has 3 heteroatoms. The van der Waals surface area contributed by atoms with Crippen molar-refractivity contribution in [3.8, 4) is 0 Å². The van der Waals surface area contributed by atoms with Crippen LogP contribution in [0.25, 0.3) is 0 Å². The number of benzene rings is 2. The third kappa shape index (κ3) is 4.05. The number of rotatable bonds is 5. The second kappa shape index (κ2) is 7.51. The zero-order chi connectivity index (χ0) is 16.1. The fourth-order valence-corrected chi connectivity index (χ4v) is 3.26. The van der Waals surface area contributed by atoms with Gasteiger partial charge in [-0.25, -0.2) is 4.39 Å². The Bertz CT molecular complexity index is 632. The van der Waals surface area contributed by atoms with Gasteiger partial charge in [0.15, 0.2) is 5.78 Å². The summed E-state index contributed by atoms with van der Waals surface area (Å²) in [4.78, 5) is 15.3. The van der Waals surface area contributed by atoms with E-state index in [1.54, 1.807) is 12.1 Å². The Kier molecular flexibility index (Phi) is 5.19. The van der Waals surface area contributed by atoms with Gasteiger partial charge in [0.2, 0.25) is 0 Å². The molecule has 1 aliphatic rings. The van der Waals surface area contributed by atoms with E-state index in [4.69, 9.17) is 0 Å². The lowest BCUT2D eigenvalue weighted by molar-refractivity contribution is 0.0783. The van der Waals surface area contributed by atoms with Gasteiger partial charge in [-0.05, 0) is 62.2 Å². The number of nitrogens with zero attached hydrogens (tertiary/aromatic N) is 1. The Morgan fingerprint density at radius 3 is 2.26 bits per heavy atom. The van der Waals surface area contributed by atoms with Crippen LogP contribution in [-0.2, 0) is 6.42 Å². The monoisotopic (exact) mass is 311 g/mol. The molecule has 1 heterocycles. The fourth-order valence-electron chi connectivity index (χ4n) is 3.26. The number of carbonyl (C=O) groups is 1. The van der Waals surface area contributed by atoms with Crippen LogP contribution >= 0.6 is 0 Å². The Labute approximate surface area is 136 Å². The van der Waals surface area contributed by atoms with Crippen LogP contribution in [0.2, 0.25) is 0 Å². The van der Waals surface area contributed by atoms with Crippen molar-refractivity contribution >= 4 is 5.78 Å². The van der Waals surface area contributed by atoms with E-state index < -0.39 is 0 Å². The highest BCUT2D eigenvalue weighted by molar-refractivity contribution is 6.00. The van der Waals surface area contributed by atoms with Crippen molar-refractivity contribution in [1.29, 1.82) is 0 Å². The highest BCUT2D eigenvalue weighted by Gasteiger charge is 2.28. The van der Waals surface area contributed by atoms with Crippen molar-refractivity contribution in [2.24, 2.45) is 0 Å². The zero-order valence-electron chi connectivity index (χ0n) is 13.2. The van der Waals surface area contributed by atoms with E-state index in [0.717, 1.165) is 25.9 Å². The molecule has 1 atom stereocenters. The van der Waals surface area contributed by atoms with Gasteiger partial charge < -0.3 is 0 Å². The first-order valence-corrected chi connectivity index (χ1v) is 8.32. The molecule has 2 aromatic carbocycles. The maximum atomic E-state index is 13.1. The third-order valence-corrected chi connectivity index (χ3v) is 4.53. The molecule has 1 saturated heterocycles. The smallest absolute Gasteiger partial charge is 0.180 e. The summed E-state index contributed by atoms with van der Waals surface area (Å²) in [7, 11) is 0. The molecule has 0 bridgehead atoms. The summed E-state index contributed by atoms with van der Waals surface area (Å²) < 4.78 is 13.1. The standard InChI is InChI=1S/C20H22FNO/c21-18-11-9-17(10-12-18)20(23)19(22-13-5-2-6-14-22)15-16-7-3-1-4-8-16/h1,3-4,7-12,19H,2,5-6,13-15H2/t19-/m0/s1. The van der Waals surface area contributed by atoms with E-state index in [1.165, 1.54) is 24.1 Å². The molecule has 0 aromatic heterocycles. The predicted octanol–water partition coefficient (Wildman–Crippen LogP) is 4.11. The van der Waals surface area contributed by atoms with Gasteiger partial charge in [0, 0.05) is 5.56 Å². The summed E-state index contributed by atoms with van der Waals surface area (Å²) in [6, 6.07) is 15.9. The minimum absolute atomic E-state index is 0.0933. The van der Waals surface area contributed by atoms with E-state index in [9.17, 15) is 9.18 Å². The SMILES string of the molecule is O=C(c1ccc(F)cc1)[C@H](Cc1ccccc1)N1CCCCC1. The fraction of sp³-hybridized carbons (Fsp3) is 0.350. The van der Waals surface area contributed by atoms with Crippen LogP contribution in [0.4, 0.5) is 4.39 Å². The number of hydrogen-bond donors (Lipinski definition) is 0. The summed E-state index contributed by atoms with van der Waals surface area (Å²) in [6.45, 7) is 1.93. The van der Waals surface area contributed by atoms with Gasteiger partial charge in [-0.15, -0.1) is 0 Å². The topological polar surface area (TPSA) is 20.3 Å². The first-order valence-electron chi connectivity index (χ1n) is 8.32. The van der Waals surface area contributed by atoms with Crippen LogP contribution in [0, 0.1) is 5.82 Å². The van der Waals surface area contributed by atoms with Crippen LogP contribution in [0.5, 0.6) is 0 Å². The molecular formula is C20H22FNO. The lowest BCUT2D eigenvalue weighted by atomic mass is 9.94. The summed E-state index contributed by atoms with van der Waals surface area (Å²) >= 11 is 0.